The molecule has 0 aliphatic heterocycles. The van der Waals surface area contributed by atoms with Gasteiger partial charge in [0.1, 0.15) is 16.8 Å². The molecule has 0 aliphatic carbocycles. The van der Waals surface area contributed by atoms with E-state index in [0.29, 0.717) is 0 Å². The van der Waals surface area contributed by atoms with Crippen molar-refractivity contribution < 1.29 is 29.4 Å². The molecule has 0 unspecified atom stereocenters. The maximum atomic E-state index is 11.1. The summed E-state index contributed by atoms with van der Waals surface area (Å²) in [7, 11) is 0. The Kier molecular flexibility index (Phi) is 13.1. The predicted octanol–water partition coefficient (Wildman–Crippen LogP) is 1.28. The summed E-state index contributed by atoms with van der Waals surface area (Å²) in [4.78, 5) is 20.3. The van der Waals surface area contributed by atoms with Gasteiger partial charge >= 0.3 is 6.09 Å². The van der Waals surface area contributed by atoms with Crippen LogP contribution in [0.5, 0.6) is 0 Å². The third-order valence-electron chi connectivity index (χ3n) is 1.89. The van der Waals surface area contributed by atoms with E-state index < -0.39 is 22.9 Å². The maximum Gasteiger partial charge on any atom is 0.431 e. The molecule has 0 radical (unpaired) electrons. The predicted molar refractivity (Wildman–Crippen MR) is 85.3 cm³/mol. The topological polar surface area (TPSA) is 123 Å². The molecular formula is C13H31ClN2O6. The summed E-state index contributed by atoms with van der Waals surface area (Å²) in [5.74, 6) is 4.76. The van der Waals surface area contributed by atoms with Gasteiger partial charge < -0.3 is 14.9 Å². The van der Waals surface area contributed by atoms with E-state index in [1.54, 1.807) is 48.5 Å². The number of ether oxygens (including phenoxy) is 1. The Labute approximate surface area is 138 Å². The molecule has 0 saturated heterocycles. The standard InChI is InChI=1S/C9H19NO4.C4H11NO2.ClH/c1-8(2,3)13-7(12)10-14-9(4,5)6-11;1-4(2,3-6)7-5;/h11H,6H2,1-5H3,(H,10,12);6H,3,5H2,1-2H3;1H. The molecule has 1 amide bonds. The van der Waals surface area contributed by atoms with Crippen molar-refractivity contribution >= 4 is 18.5 Å². The quantitative estimate of drug-likeness (QED) is 0.553. The van der Waals surface area contributed by atoms with Gasteiger partial charge in [0.25, 0.3) is 0 Å². The van der Waals surface area contributed by atoms with Crippen LogP contribution in [0.15, 0.2) is 0 Å². The Hall–Kier alpha value is -0.640. The first-order valence-corrected chi connectivity index (χ1v) is 6.55. The third kappa shape index (κ3) is 17.4. The van der Waals surface area contributed by atoms with Crippen molar-refractivity contribution in [3.63, 3.8) is 0 Å². The number of hydrogen-bond acceptors (Lipinski definition) is 7. The van der Waals surface area contributed by atoms with E-state index in [-0.39, 0.29) is 25.6 Å². The SMILES string of the molecule is CC(C)(C)OC(=O)NOC(C)(C)CO.CC(C)(CO)ON.Cl. The van der Waals surface area contributed by atoms with Gasteiger partial charge in [-0.15, -0.1) is 12.4 Å². The highest BCUT2D eigenvalue weighted by molar-refractivity contribution is 5.85. The molecule has 0 heterocycles. The summed E-state index contributed by atoms with van der Waals surface area (Å²) < 4.78 is 4.92. The number of aliphatic hydroxyl groups is 2. The number of nitrogens with one attached hydrogen (secondary N) is 1. The molecule has 0 bridgehead atoms. The number of hydrogen-bond donors (Lipinski definition) is 4. The molecule has 0 spiro atoms. The molecular weight excluding hydrogens is 316 g/mol. The zero-order valence-electron chi connectivity index (χ0n) is 14.4. The maximum absolute atomic E-state index is 11.1. The van der Waals surface area contributed by atoms with E-state index in [0.717, 1.165) is 0 Å². The lowest BCUT2D eigenvalue weighted by atomic mass is 10.2. The van der Waals surface area contributed by atoms with E-state index in [4.69, 9.17) is 25.7 Å². The van der Waals surface area contributed by atoms with E-state index in [1.165, 1.54) is 0 Å². The highest BCUT2D eigenvalue weighted by atomic mass is 35.5. The van der Waals surface area contributed by atoms with Crippen LogP contribution < -0.4 is 11.4 Å². The summed E-state index contributed by atoms with van der Waals surface area (Å²) in [6.07, 6.45) is -0.668. The Morgan fingerprint density at radius 2 is 1.41 bits per heavy atom. The lowest BCUT2D eigenvalue weighted by molar-refractivity contribution is -0.108. The van der Waals surface area contributed by atoms with Crippen molar-refractivity contribution in [2.24, 2.45) is 5.90 Å². The van der Waals surface area contributed by atoms with Crippen LogP contribution in [0, 0.1) is 0 Å². The zero-order chi connectivity index (χ0) is 17.3. The summed E-state index contributed by atoms with van der Waals surface area (Å²) in [6, 6.07) is 0. The third-order valence-corrected chi connectivity index (χ3v) is 1.89. The summed E-state index contributed by atoms with van der Waals surface area (Å²) in [5, 5.41) is 17.2. The fraction of sp³-hybridized carbons (Fsp3) is 0.923. The minimum absolute atomic E-state index is 0. The second kappa shape index (κ2) is 11.0. The van der Waals surface area contributed by atoms with Crippen molar-refractivity contribution in [1.82, 2.24) is 5.48 Å². The van der Waals surface area contributed by atoms with Gasteiger partial charge in [-0.05, 0) is 48.5 Å². The van der Waals surface area contributed by atoms with Crippen LogP contribution in [-0.4, -0.2) is 46.3 Å². The van der Waals surface area contributed by atoms with E-state index in [1.807, 2.05) is 0 Å². The lowest BCUT2D eigenvalue weighted by Crippen LogP contribution is -2.40. The van der Waals surface area contributed by atoms with Crippen molar-refractivity contribution in [3.05, 3.63) is 0 Å². The summed E-state index contributed by atoms with van der Waals surface area (Å²) in [5.41, 5.74) is 0.159. The van der Waals surface area contributed by atoms with Crippen molar-refractivity contribution in [3.8, 4) is 0 Å². The Bertz CT molecular complexity index is 299. The van der Waals surface area contributed by atoms with Gasteiger partial charge in [0.2, 0.25) is 0 Å². The van der Waals surface area contributed by atoms with Gasteiger partial charge in [-0.25, -0.2) is 10.7 Å². The molecule has 5 N–H and O–H groups in total. The number of amides is 1. The Morgan fingerprint density at radius 1 is 1.00 bits per heavy atom. The average Bonchev–Trinajstić information content (AvgIpc) is 2.35. The highest BCUT2D eigenvalue weighted by Gasteiger charge is 2.21. The van der Waals surface area contributed by atoms with Crippen LogP contribution in [0.4, 0.5) is 4.79 Å². The zero-order valence-corrected chi connectivity index (χ0v) is 15.2. The van der Waals surface area contributed by atoms with Crippen molar-refractivity contribution in [2.75, 3.05) is 13.2 Å². The van der Waals surface area contributed by atoms with Crippen LogP contribution in [-0.2, 0) is 14.4 Å². The second-order valence-electron chi connectivity index (χ2n) is 6.66. The number of hydroxylamine groups is 1. The van der Waals surface area contributed by atoms with Crippen molar-refractivity contribution in [1.29, 1.82) is 0 Å². The summed E-state index contributed by atoms with van der Waals surface area (Å²) in [6.45, 7) is 11.7. The van der Waals surface area contributed by atoms with E-state index >= 15 is 0 Å². The average molecular weight is 347 g/mol. The number of halogens is 1. The molecule has 22 heavy (non-hydrogen) atoms. The molecule has 9 heteroatoms. The lowest BCUT2D eigenvalue weighted by Gasteiger charge is -2.24. The van der Waals surface area contributed by atoms with Crippen LogP contribution in [0.25, 0.3) is 0 Å². The Balaban J connectivity index is -0.000000385. The van der Waals surface area contributed by atoms with Gasteiger partial charge in [-0.3, -0.25) is 9.68 Å². The monoisotopic (exact) mass is 346 g/mol. The Morgan fingerprint density at radius 3 is 1.64 bits per heavy atom. The molecule has 0 rings (SSSR count). The van der Waals surface area contributed by atoms with E-state index in [9.17, 15) is 4.79 Å². The smallest absolute Gasteiger partial charge is 0.431 e. The van der Waals surface area contributed by atoms with Gasteiger partial charge in [-0.2, -0.15) is 5.48 Å². The first kappa shape index (κ1) is 26.3. The van der Waals surface area contributed by atoms with Crippen molar-refractivity contribution in [2.45, 2.75) is 65.3 Å². The highest BCUT2D eigenvalue weighted by Crippen LogP contribution is 2.08. The number of carbonyl (C=O) groups is 1. The van der Waals surface area contributed by atoms with E-state index in [2.05, 4.69) is 10.3 Å². The molecule has 0 aromatic rings. The minimum atomic E-state index is -0.809. The molecule has 0 saturated carbocycles. The van der Waals surface area contributed by atoms with Crippen LogP contribution in [0.1, 0.15) is 48.5 Å². The second-order valence-corrected chi connectivity index (χ2v) is 6.66. The van der Waals surface area contributed by atoms with Crippen LogP contribution >= 0.6 is 12.4 Å². The fourth-order valence-corrected chi connectivity index (χ4v) is 0.548. The van der Waals surface area contributed by atoms with Crippen LogP contribution in [0.2, 0.25) is 0 Å². The van der Waals surface area contributed by atoms with Gasteiger partial charge in [0, 0.05) is 0 Å². The molecule has 0 aromatic heterocycles. The largest absolute Gasteiger partial charge is 0.442 e. The number of aliphatic hydroxyl groups excluding tert-OH is 2. The van der Waals surface area contributed by atoms with Gasteiger partial charge in [0.05, 0.1) is 13.2 Å². The molecule has 136 valence electrons. The first-order valence-electron chi connectivity index (χ1n) is 6.55. The first-order chi connectivity index (χ1) is 9.28. The van der Waals surface area contributed by atoms with Gasteiger partial charge in [-0.1, -0.05) is 0 Å². The number of rotatable bonds is 5. The number of carbonyl (C=O) groups excluding carboxylic acids is 1. The molecule has 0 atom stereocenters. The molecule has 0 fully saturated rings. The van der Waals surface area contributed by atoms with Crippen LogP contribution in [0.3, 0.4) is 0 Å². The van der Waals surface area contributed by atoms with Gasteiger partial charge in [0.15, 0.2) is 0 Å². The molecule has 0 aromatic carbocycles. The number of nitrogens with two attached hydrogens (primary N) is 1. The fourth-order valence-electron chi connectivity index (χ4n) is 0.548. The molecule has 8 nitrogen and oxygen atoms in total. The molecule has 0 aliphatic rings. The summed E-state index contributed by atoms with van der Waals surface area (Å²) >= 11 is 0. The minimum Gasteiger partial charge on any atom is -0.442 e. The normalized spacial score (nSPS) is 11.7.